The van der Waals surface area contributed by atoms with E-state index in [0.717, 1.165) is 42.2 Å². The fourth-order valence-electron chi connectivity index (χ4n) is 3.90. The Bertz CT molecular complexity index is 1280. The molecule has 0 radical (unpaired) electrons. The Balaban J connectivity index is 1.52. The fourth-order valence-corrected chi connectivity index (χ4v) is 6.40. The van der Waals surface area contributed by atoms with Crippen molar-refractivity contribution in [3.05, 3.63) is 32.3 Å². The van der Waals surface area contributed by atoms with E-state index in [0.29, 0.717) is 17.3 Å². The molecule has 1 fully saturated rings. The second kappa shape index (κ2) is 11.5. The molecule has 3 aromatic rings. The van der Waals surface area contributed by atoms with Crippen molar-refractivity contribution in [3.63, 3.8) is 0 Å². The first-order valence-corrected chi connectivity index (χ1v) is 14.1. The molecule has 3 N–H and O–H groups in total. The van der Waals surface area contributed by atoms with Gasteiger partial charge in [-0.3, -0.25) is 14.2 Å². The normalized spacial score (nSPS) is 15.2. The summed E-state index contributed by atoms with van der Waals surface area (Å²) in [6, 6.07) is 2.06. The number of thioether (sulfide) groups is 1. The van der Waals surface area contributed by atoms with E-state index in [2.05, 4.69) is 21.6 Å². The van der Waals surface area contributed by atoms with Crippen molar-refractivity contribution in [1.29, 1.82) is 0 Å². The maximum Gasteiger partial charge on any atom is 0.341 e. The van der Waals surface area contributed by atoms with E-state index in [9.17, 15) is 14.4 Å². The number of thiophene rings is 2. The first kappa shape index (κ1) is 26.3. The first-order valence-electron chi connectivity index (χ1n) is 11.4. The number of hydrogen-bond acceptors (Lipinski definition) is 10. The highest BCUT2D eigenvalue weighted by Crippen LogP contribution is 2.34. The van der Waals surface area contributed by atoms with E-state index in [1.54, 1.807) is 25.2 Å². The minimum Gasteiger partial charge on any atom is -0.462 e. The third-order valence-corrected chi connectivity index (χ3v) is 8.60. The van der Waals surface area contributed by atoms with Gasteiger partial charge in [0.05, 0.1) is 35.4 Å². The third-order valence-electron chi connectivity index (χ3n) is 5.55. The lowest BCUT2D eigenvalue weighted by Crippen LogP contribution is -2.18. The van der Waals surface area contributed by atoms with Crippen molar-refractivity contribution >= 4 is 57.2 Å². The van der Waals surface area contributed by atoms with E-state index < -0.39 is 11.9 Å². The van der Waals surface area contributed by atoms with Crippen molar-refractivity contribution in [2.75, 3.05) is 24.3 Å². The van der Waals surface area contributed by atoms with Crippen LogP contribution in [0.5, 0.6) is 0 Å². The molecule has 4 rings (SSSR count). The van der Waals surface area contributed by atoms with Gasteiger partial charge in [0.25, 0.3) is 5.91 Å². The summed E-state index contributed by atoms with van der Waals surface area (Å²) in [4.78, 5) is 38.5. The summed E-state index contributed by atoms with van der Waals surface area (Å²) < 4.78 is 12.9. The summed E-state index contributed by atoms with van der Waals surface area (Å²) in [5.74, 6) is -0.882. The van der Waals surface area contributed by atoms with Crippen LogP contribution in [0, 0.1) is 13.8 Å². The molecule has 1 aliphatic heterocycles. The zero-order chi connectivity index (χ0) is 25.8. The Morgan fingerprint density at radius 3 is 2.78 bits per heavy atom. The highest BCUT2D eigenvalue weighted by molar-refractivity contribution is 7.99. The third kappa shape index (κ3) is 5.80. The number of amides is 2. The van der Waals surface area contributed by atoms with E-state index in [1.807, 2.05) is 16.9 Å². The summed E-state index contributed by atoms with van der Waals surface area (Å²) in [5.41, 5.74) is 6.96. The number of carbonyl (C=O) groups excluding carboxylic acids is 3. The van der Waals surface area contributed by atoms with Gasteiger partial charge in [-0.25, -0.2) is 4.79 Å². The minimum atomic E-state index is -0.670. The van der Waals surface area contributed by atoms with Crippen molar-refractivity contribution < 1.29 is 23.9 Å². The Labute approximate surface area is 220 Å². The van der Waals surface area contributed by atoms with Gasteiger partial charge in [-0.2, -0.15) is 0 Å². The van der Waals surface area contributed by atoms with Crippen LogP contribution in [0.1, 0.15) is 50.2 Å². The number of aryl methyl sites for hydroxylation is 1. The van der Waals surface area contributed by atoms with E-state index in [1.165, 1.54) is 16.6 Å². The van der Waals surface area contributed by atoms with Crippen molar-refractivity contribution in [2.24, 2.45) is 5.73 Å². The van der Waals surface area contributed by atoms with Crippen LogP contribution in [0.4, 0.5) is 5.00 Å². The molecule has 1 atom stereocenters. The number of nitrogens with two attached hydrogens (primary N) is 1. The number of rotatable bonds is 10. The lowest BCUT2D eigenvalue weighted by Gasteiger charge is -2.14. The summed E-state index contributed by atoms with van der Waals surface area (Å²) in [6.45, 7) is 6.82. The maximum absolute atomic E-state index is 12.9. The average molecular weight is 550 g/mol. The molecular formula is C23H27N5O5S3. The molecule has 2 amide bonds. The Hall–Kier alpha value is -2.74. The topological polar surface area (TPSA) is 138 Å². The molecule has 4 heterocycles. The Morgan fingerprint density at radius 2 is 2.14 bits per heavy atom. The predicted molar refractivity (Wildman–Crippen MR) is 140 cm³/mol. The van der Waals surface area contributed by atoms with Crippen molar-refractivity contribution in [2.45, 2.75) is 51.4 Å². The van der Waals surface area contributed by atoms with E-state index in [-0.39, 0.29) is 39.8 Å². The molecular weight excluding hydrogens is 522 g/mol. The van der Waals surface area contributed by atoms with Crippen LogP contribution in [0.3, 0.4) is 0 Å². The molecule has 0 spiro atoms. The van der Waals surface area contributed by atoms with Gasteiger partial charge in [0.1, 0.15) is 5.00 Å². The van der Waals surface area contributed by atoms with Crippen LogP contribution in [0.15, 0.2) is 16.6 Å². The summed E-state index contributed by atoms with van der Waals surface area (Å²) in [5, 5.41) is 14.4. The molecule has 13 heteroatoms. The fraction of sp³-hybridized carbons (Fsp3) is 0.435. The van der Waals surface area contributed by atoms with Gasteiger partial charge in [0.15, 0.2) is 11.0 Å². The smallest absolute Gasteiger partial charge is 0.341 e. The number of ether oxygens (including phenoxy) is 2. The summed E-state index contributed by atoms with van der Waals surface area (Å²) >= 11 is 3.84. The van der Waals surface area contributed by atoms with Crippen LogP contribution in [-0.4, -0.2) is 57.6 Å². The monoisotopic (exact) mass is 549 g/mol. The zero-order valence-corrected chi connectivity index (χ0v) is 22.6. The zero-order valence-electron chi connectivity index (χ0n) is 20.2. The highest BCUT2D eigenvalue weighted by atomic mass is 32.2. The molecule has 0 aliphatic carbocycles. The van der Waals surface area contributed by atoms with Gasteiger partial charge in [-0.05, 0) is 45.2 Å². The van der Waals surface area contributed by atoms with Crippen LogP contribution >= 0.6 is 34.4 Å². The Kier molecular flexibility index (Phi) is 8.44. The van der Waals surface area contributed by atoms with Gasteiger partial charge in [-0.15, -0.1) is 32.9 Å². The van der Waals surface area contributed by atoms with Gasteiger partial charge >= 0.3 is 5.97 Å². The van der Waals surface area contributed by atoms with Crippen LogP contribution in [0.2, 0.25) is 0 Å². The predicted octanol–water partition coefficient (Wildman–Crippen LogP) is 3.87. The number of hydrogen-bond donors (Lipinski definition) is 2. The van der Waals surface area contributed by atoms with Crippen molar-refractivity contribution in [3.8, 4) is 11.4 Å². The summed E-state index contributed by atoms with van der Waals surface area (Å²) in [6.07, 6.45) is 2.05. The number of nitrogens with one attached hydrogen (secondary N) is 1. The lowest BCUT2D eigenvalue weighted by atomic mass is 10.1. The first-order chi connectivity index (χ1) is 17.3. The van der Waals surface area contributed by atoms with Gasteiger partial charge in [0, 0.05) is 22.4 Å². The number of nitrogens with zero attached hydrogens (tertiary/aromatic N) is 3. The second-order valence-corrected chi connectivity index (χ2v) is 11.3. The molecule has 192 valence electrons. The summed E-state index contributed by atoms with van der Waals surface area (Å²) in [7, 11) is 0. The Morgan fingerprint density at radius 1 is 1.33 bits per heavy atom. The molecule has 1 saturated heterocycles. The average Bonchev–Trinajstić information content (AvgIpc) is 3.61. The molecule has 0 aromatic carbocycles. The molecule has 0 bridgehead atoms. The van der Waals surface area contributed by atoms with Gasteiger partial charge < -0.3 is 20.5 Å². The van der Waals surface area contributed by atoms with Crippen LogP contribution < -0.4 is 11.1 Å². The molecule has 1 aliphatic rings. The van der Waals surface area contributed by atoms with Gasteiger partial charge in [-0.1, -0.05) is 11.8 Å². The molecule has 1 unspecified atom stereocenters. The number of primary amides is 1. The van der Waals surface area contributed by atoms with E-state index in [4.69, 9.17) is 15.2 Å². The van der Waals surface area contributed by atoms with Crippen LogP contribution in [0.25, 0.3) is 11.4 Å². The maximum atomic E-state index is 12.9. The molecule has 3 aromatic heterocycles. The van der Waals surface area contributed by atoms with Crippen LogP contribution in [-0.2, 0) is 20.8 Å². The number of carbonyl (C=O) groups is 3. The lowest BCUT2D eigenvalue weighted by molar-refractivity contribution is -0.113. The number of esters is 1. The number of anilines is 1. The number of aromatic nitrogens is 3. The SMILES string of the molecule is CCOC(=O)c1c(NC(=O)CSc2nnc(-c3csc(C)c3)n2CC2CCCO2)sc(C(N)=O)c1C. The minimum absolute atomic E-state index is 0.0252. The largest absolute Gasteiger partial charge is 0.462 e. The molecule has 10 nitrogen and oxygen atoms in total. The highest BCUT2D eigenvalue weighted by Gasteiger charge is 2.26. The quantitative estimate of drug-likeness (QED) is 0.287. The standard InChI is InChI=1S/C23H27N5O5S3/c1-4-32-22(31)17-13(3)18(19(24)30)36-21(17)25-16(29)11-35-23-27-26-20(14-8-12(2)34-10-14)28(23)9-15-6-5-7-33-15/h8,10,15H,4-7,9,11H2,1-3H3,(H2,24,30)(H,25,29). The van der Waals surface area contributed by atoms with Crippen molar-refractivity contribution in [1.82, 2.24) is 14.8 Å². The second-order valence-electron chi connectivity index (χ2n) is 8.18. The molecule has 36 heavy (non-hydrogen) atoms. The molecule has 0 saturated carbocycles. The van der Waals surface area contributed by atoms with Gasteiger partial charge in [0.2, 0.25) is 5.91 Å². The van der Waals surface area contributed by atoms with E-state index >= 15 is 0 Å².